The van der Waals surface area contributed by atoms with Crippen LogP contribution < -0.4 is 5.32 Å². The van der Waals surface area contributed by atoms with Crippen LogP contribution >= 0.6 is 23.2 Å². The molecule has 0 atom stereocenters. The fraction of sp³-hybridized carbons (Fsp3) is 0.444. The van der Waals surface area contributed by atoms with E-state index in [1.165, 1.54) is 13.0 Å². The largest absolute Gasteiger partial charge is 0.394 e. The lowest BCUT2D eigenvalue weighted by Gasteiger charge is -2.25. The Morgan fingerprint density at radius 2 is 2.06 bits per heavy atom. The van der Waals surface area contributed by atoms with Crippen LogP contribution in [-0.4, -0.2) is 39.9 Å². The van der Waals surface area contributed by atoms with Crippen molar-refractivity contribution in [3.8, 4) is 0 Å². The smallest absolute Gasteiger partial charge is 0.268 e. The number of aliphatic hydroxyl groups excluding tert-OH is 2. The molecular formula is C9H12Cl2N2O3. The average Bonchev–Trinajstić information content (AvgIpc) is 2.59. The lowest BCUT2D eigenvalue weighted by Crippen LogP contribution is -2.51. The molecule has 0 fully saturated rings. The van der Waals surface area contributed by atoms with Crippen LogP contribution in [0.5, 0.6) is 0 Å². The first kappa shape index (κ1) is 13.3. The van der Waals surface area contributed by atoms with E-state index in [9.17, 15) is 4.79 Å². The quantitative estimate of drug-likeness (QED) is 0.650. The molecule has 0 radical (unpaired) electrons. The van der Waals surface area contributed by atoms with Crippen LogP contribution in [0.25, 0.3) is 0 Å². The summed E-state index contributed by atoms with van der Waals surface area (Å²) in [6, 6.07) is 1.37. The van der Waals surface area contributed by atoms with Crippen molar-refractivity contribution in [2.75, 3.05) is 13.2 Å². The molecule has 0 saturated heterocycles. The molecule has 0 aromatic carbocycles. The van der Waals surface area contributed by atoms with E-state index in [0.717, 1.165) is 0 Å². The first-order chi connectivity index (χ1) is 7.41. The summed E-state index contributed by atoms with van der Waals surface area (Å²) < 4.78 is 0. The van der Waals surface area contributed by atoms with Crippen LogP contribution in [0.4, 0.5) is 0 Å². The van der Waals surface area contributed by atoms with Crippen molar-refractivity contribution in [3.05, 3.63) is 21.9 Å². The summed E-state index contributed by atoms with van der Waals surface area (Å²) in [6.07, 6.45) is 0. The Kier molecular flexibility index (Phi) is 4.21. The Labute approximate surface area is 102 Å². The van der Waals surface area contributed by atoms with Gasteiger partial charge in [0.15, 0.2) is 0 Å². The van der Waals surface area contributed by atoms with E-state index in [0.29, 0.717) is 0 Å². The molecule has 0 saturated carbocycles. The molecule has 0 spiro atoms. The van der Waals surface area contributed by atoms with Crippen LogP contribution in [0.3, 0.4) is 0 Å². The topological polar surface area (TPSA) is 85.3 Å². The van der Waals surface area contributed by atoms with Crippen molar-refractivity contribution < 1.29 is 15.0 Å². The third kappa shape index (κ3) is 2.89. The normalized spacial score (nSPS) is 11.6. The predicted molar refractivity (Wildman–Crippen MR) is 60.9 cm³/mol. The lowest BCUT2D eigenvalue weighted by atomic mass is 10.1. The zero-order valence-electron chi connectivity index (χ0n) is 8.55. The summed E-state index contributed by atoms with van der Waals surface area (Å²) in [6.45, 7) is 0.756. The second kappa shape index (κ2) is 5.05. The maximum atomic E-state index is 11.7. The molecule has 0 aliphatic carbocycles. The maximum Gasteiger partial charge on any atom is 0.268 e. The second-order valence-corrected chi connectivity index (χ2v) is 4.46. The fourth-order valence-corrected chi connectivity index (χ4v) is 1.31. The number of carbonyl (C=O) groups excluding carboxylic acids is 1. The third-order valence-corrected chi connectivity index (χ3v) is 2.78. The number of aromatic amines is 1. The molecule has 0 unspecified atom stereocenters. The van der Waals surface area contributed by atoms with E-state index >= 15 is 0 Å². The highest BCUT2D eigenvalue weighted by Crippen LogP contribution is 2.22. The van der Waals surface area contributed by atoms with Gasteiger partial charge < -0.3 is 20.5 Å². The van der Waals surface area contributed by atoms with Crippen molar-refractivity contribution in [2.45, 2.75) is 12.5 Å². The highest BCUT2D eigenvalue weighted by molar-refractivity contribution is 6.41. The highest BCUT2D eigenvalue weighted by atomic mass is 35.5. The van der Waals surface area contributed by atoms with Crippen LogP contribution in [0.15, 0.2) is 6.07 Å². The van der Waals surface area contributed by atoms with Gasteiger partial charge in [0.1, 0.15) is 10.8 Å². The molecule has 1 aromatic rings. The number of nitrogens with one attached hydrogen (secondary N) is 2. The van der Waals surface area contributed by atoms with E-state index in [-0.39, 0.29) is 29.1 Å². The SMILES string of the molecule is CC(CO)(CO)NC(=O)c1cc(Cl)c(Cl)[nH]1. The summed E-state index contributed by atoms with van der Waals surface area (Å²) >= 11 is 11.3. The van der Waals surface area contributed by atoms with Crippen molar-refractivity contribution in [3.63, 3.8) is 0 Å². The van der Waals surface area contributed by atoms with Gasteiger partial charge in [-0.1, -0.05) is 23.2 Å². The minimum absolute atomic E-state index is 0.168. The Bertz CT molecular complexity index is 369. The van der Waals surface area contributed by atoms with E-state index in [1.54, 1.807) is 0 Å². The van der Waals surface area contributed by atoms with E-state index in [2.05, 4.69) is 10.3 Å². The Morgan fingerprint density at radius 1 is 1.50 bits per heavy atom. The summed E-state index contributed by atoms with van der Waals surface area (Å²) in [4.78, 5) is 14.2. The number of aliphatic hydroxyl groups is 2. The van der Waals surface area contributed by atoms with Gasteiger partial charge in [-0.05, 0) is 13.0 Å². The molecule has 4 N–H and O–H groups in total. The maximum absolute atomic E-state index is 11.7. The number of rotatable bonds is 4. The summed E-state index contributed by atoms with van der Waals surface area (Å²) in [7, 11) is 0. The number of hydrogen-bond acceptors (Lipinski definition) is 3. The predicted octanol–water partition coefficient (Wildman–Crippen LogP) is 0.795. The number of amides is 1. The van der Waals surface area contributed by atoms with Crippen molar-refractivity contribution >= 4 is 29.1 Å². The van der Waals surface area contributed by atoms with Gasteiger partial charge in [-0.25, -0.2) is 0 Å². The monoisotopic (exact) mass is 266 g/mol. The van der Waals surface area contributed by atoms with Crippen LogP contribution in [-0.2, 0) is 0 Å². The number of aromatic nitrogens is 1. The number of carbonyl (C=O) groups is 1. The van der Waals surface area contributed by atoms with Crippen molar-refractivity contribution in [1.29, 1.82) is 0 Å². The minimum atomic E-state index is -1.08. The van der Waals surface area contributed by atoms with Gasteiger partial charge in [-0.3, -0.25) is 4.79 Å². The van der Waals surface area contributed by atoms with Gasteiger partial charge in [0, 0.05) is 0 Å². The minimum Gasteiger partial charge on any atom is -0.394 e. The molecule has 1 heterocycles. The molecule has 0 aliphatic heterocycles. The molecule has 1 aromatic heterocycles. The first-order valence-electron chi connectivity index (χ1n) is 4.50. The summed E-state index contributed by atoms with van der Waals surface area (Å²) in [5.41, 5.74) is -0.913. The second-order valence-electron chi connectivity index (χ2n) is 3.68. The first-order valence-corrected chi connectivity index (χ1v) is 5.25. The van der Waals surface area contributed by atoms with Crippen LogP contribution in [0, 0.1) is 0 Å². The van der Waals surface area contributed by atoms with Crippen molar-refractivity contribution in [2.24, 2.45) is 0 Å². The Morgan fingerprint density at radius 3 is 2.44 bits per heavy atom. The molecule has 90 valence electrons. The number of H-pyrrole nitrogens is 1. The molecule has 16 heavy (non-hydrogen) atoms. The molecule has 0 aliphatic rings. The van der Waals surface area contributed by atoms with Gasteiger partial charge in [0.25, 0.3) is 5.91 Å². The van der Waals surface area contributed by atoms with Gasteiger partial charge in [0.2, 0.25) is 0 Å². The Hall–Kier alpha value is -0.750. The fourth-order valence-electron chi connectivity index (χ4n) is 0.997. The third-order valence-electron chi connectivity index (χ3n) is 2.08. The standard InChI is InChI=1S/C9H12Cl2N2O3/c1-9(3-14,4-15)13-8(16)6-2-5(10)7(11)12-6/h2,12,14-15H,3-4H2,1H3,(H,13,16). The van der Waals surface area contributed by atoms with Gasteiger partial charge in [-0.2, -0.15) is 0 Å². The Balaban J connectivity index is 2.80. The van der Waals surface area contributed by atoms with Crippen LogP contribution in [0.1, 0.15) is 17.4 Å². The molecule has 1 amide bonds. The molecular weight excluding hydrogens is 255 g/mol. The number of hydrogen-bond donors (Lipinski definition) is 4. The van der Waals surface area contributed by atoms with E-state index in [1.807, 2.05) is 0 Å². The van der Waals surface area contributed by atoms with Gasteiger partial charge in [0.05, 0.1) is 23.8 Å². The summed E-state index contributed by atoms with van der Waals surface area (Å²) in [5, 5.41) is 20.9. The van der Waals surface area contributed by atoms with Gasteiger partial charge in [-0.15, -0.1) is 0 Å². The zero-order valence-corrected chi connectivity index (χ0v) is 10.1. The van der Waals surface area contributed by atoms with Crippen LogP contribution in [0.2, 0.25) is 10.2 Å². The molecule has 0 bridgehead atoms. The van der Waals surface area contributed by atoms with Gasteiger partial charge >= 0.3 is 0 Å². The number of halogens is 2. The van der Waals surface area contributed by atoms with E-state index in [4.69, 9.17) is 33.4 Å². The van der Waals surface area contributed by atoms with Crippen molar-refractivity contribution in [1.82, 2.24) is 10.3 Å². The molecule has 7 heteroatoms. The summed E-state index contributed by atoms with van der Waals surface area (Å²) in [5.74, 6) is -0.501. The highest BCUT2D eigenvalue weighted by Gasteiger charge is 2.26. The zero-order chi connectivity index (χ0) is 12.3. The molecule has 5 nitrogen and oxygen atoms in total. The van der Waals surface area contributed by atoms with E-state index < -0.39 is 11.4 Å². The molecule has 1 rings (SSSR count). The average molecular weight is 267 g/mol. The lowest BCUT2D eigenvalue weighted by molar-refractivity contribution is 0.0720.